The number of nitrogens with zero attached hydrogens (tertiary/aromatic N) is 1. The standard InChI is InChI=1S/C58H39NOSi/c1-4-13-39(14-5-1)41-23-31-45(32-24-41)59(46-33-25-42(26-34-46)40-15-6-2-7-16-40)47-35-27-43(28-36-47)49-20-12-21-51-56(49)58-52(60-51)37-29-44-30-38-54-57(55(44)58)50-19-10-11-22-53(50)61(54)48-17-8-3-9-18-48/h1-38,61H. The molecule has 0 N–H and O–H groups in total. The SMILES string of the molecule is c1ccc(-c2ccc(N(c3ccc(-c4ccccc4)cc3)c3ccc(-c4cccc5oc6ccc7ccc8c(c7c6c45)-c4ccccc4[SiH]8c4ccccc4)cc3)cc2)cc1. The van der Waals surface area contributed by atoms with Crippen LogP contribution >= 0.6 is 0 Å². The van der Waals surface area contributed by atoms with Crippen LogP contribution in [0.5, 0.6) is 0 Å². The van der Waals surface area contributed by atoms with Gasteiger partial charge in [-0.3, -0.25) is 0 Å². The molecule has 1 unspecified atom stereocenters. The second kappa shape index (κ2) is 14.5. The normalized spacial score (nSPS) is 13.1. The zero-order valence-electron chi connectivity index (χ0n) is 33.4. The van der Waals surface area contributed by atoms with Crippen LogP contribution in [-0.4, -0.2) is 8.80 Å². The molecule has 11 aromatic rings. The van der Waals surface area contributed by atoms with Crippen molar-refractivity contribution in [1.82, 2.24) is 0 Å². The van der Waals surface area contributed by atoms with Crippen LogP contribution in [0.25, 0.3) is 77.2 Å². The van der Waals surface area contributed by atoms with Gasteiger partial charge in [-0.2, -0.15) is 0 Å². The Morgan fingerprint density at radius 3 is 1.43 bits per heavy atom. The average Bonchev–Trinajstić information content (AvgIpc) is 3.90. The molecule has 0 bridgehead atoms. The molecule has 1 atom stereocenters. The summed E-state index contributed by atoms with van der Waals surface area (Å²) < 4.78 is 6.75. The highest BCUT2D eigenvalue weighted by atomic mass is 28.3. The van der Waals surface area contributed by atoms with Gasteiger partial charge in [-0.1, -0.05) is 187 Å². The summed E-state index contributed by atoms with van der Waals surface area (Å²) in [5.74, 6) is 0. The summed E-state index contributed by atoms with van der Waals surface area (Å²) in [7, 11) is -1.68. The molecule has 1 aliphatic rings. The van der Waals surface area contributed by atoms with Gasteiger partial charge in [0, 0.05) is 33.2 Å². The summed E-state index contributed by atoms with van der Waals surface area (Å²) in [4.78, 5) is 2.35. The van der Waals surface area contributed by atoms with Crippen molar-refractivity contribution in [1.29, 1.82) is 0 Å². The quantitative estimate of drug-likeness (QED) is 0.149. The molecule has 0 saturated heterocycles. The van der Waals surface area contributed by atoms with E-state index in [0.717, 1.165) is 39.2 Å². The van der Waals surface area contributed by atoms with E-state index in [-0.39, 0.29) is 0 Å². The molecule has 2 heterocycles. The van der Waals surface area contributed by atoms with E-state index in [2.05, 4.69) is 235 Å². The lowest BCUT2D eigenvalue weighted by molar-refractivity contribution is 0.669. The van der Waals surface area contributed by atoms with Crippen molar-refractivity contribution in [2.24, 2.45) is 0 Å². The molecular formula is C58H39NOSi. The van der Waals surface area contributed by atoms with Gasteiger partial charge in [-0.25, -0.2) is 0 Å². The Labute approximate surface area is 356 Å². The number of furan rings is 1. The summed E-state index contributed by atoms with van der Waals surface area (Å²) in [6.07, 6.45) is 0. The predicted molar refractivity (Wildman–Crippen MR) is 260 cm³/mol. The van der Waals surface area contributed by atoms with E-state index in [0.29, 0.717) is 0 Å². The van der Waals surface area contributed by atoms with Crippen molar-refractivity contribution in [2.75, 3.05) is 4.90 Å². The minimum atomic E-state index is -1.68. The van der Waals surface area contributed by atoms with Crippen LogP contribution in [0.3, 0.4) is 0 Å². The predicted octanol–water partition coefficient (Wildman–Crippen LogP) is 13.4. The van der Waals surface area contributed by atoms with Gasteiger partial charge >= 0.3 is 0 Å². The second-order valence-electron chi connectivity index (χ2n) is 16.0. The topological polar surface area (TPSA) is 16.4 Å². The third-order valence-electron chi connectivity index (χ3n) is 12.6. The Hall–Kier alpha value is -7.72. The summed E-state index contributed by atoms with van der Waals surface area (Å²) >= 11 is 0. The van der Waals surface area contributed by atoms with Gasteiger partial charge in [-0.15, -0.1) is 0 Å². The molecule has 0 radical (unpaired) electrons. The first-order valence-electron chi connectivity index (χ1n) is 21.0. The molecule has 3 heteroatoms. The lowest BCUT2D eigenvalue weighted by Gasteiger charge is -2.26. The van der Waals surface area contributed by atoms with Gasteiger partial charge in [-0.05, 0) is 109 Å². The van der Waals surface area contributed by atoms with E-state index < -0.39 is 8.80 Å². The summed E-state index contributed by atoms with van der Waals surface area (Å²) in [6.45, 7) is 0. The zero-order valence-corrected chi connectivity index (χ0v) is 34.5. The molecule has 2 nitrogen and oxygen atoms in total. The number of rotatable bonds is 7. The smallest absolute Gasteiger partial charge is 0.136 e. The molecule has 0 aliphatic carbocycles. The van der Waals surface area contributed by atoms with Crippen molar-refractivity contribution >= 4 is 74.1 Å². The van der Waals surface area contributed by atoms with Crippen LogP contribution in [0.15, 0.2) is 235 Å². The molecule has 10 aromatic carbocycles. The zero-order chi connectivity index (χ0) is 40.3. The fourth-order valence-corrected chi connectivity index (χ4v) is 13.2. The van der Waals surface area contributed by atoms with E-state index in [1.54, 1.807) is 0 Å². The van der Waals surface area contributed by atoms with E-state index in [9.17, 15) is 0 Å². The molecule has 61 heavy (non-hydrogen) atoms. The van der Waals surface area contributed by atoms with Gasteiger partial charge in [0.1, 0.15) is 20.0 Å². The van der Waals surface area contributed by atoms with Gasteiger partial charge in [0.15, 0.2) is 0 Å². The van der Waals surface area contributed by atoms with Crippen molar-refractivity contribution in [3.8, 4) is 44.5 Å². The maximum Gasteiger partial charge on any atom is 0.136 e. The summed E-state index contributed by atoms with van der Waals surface area (Å²) in [5, 5.41) is 9.31. The fraction of sp³-hybridized carbons (Fsp3) is 0. The highest BCUT2D eigenvalue weighted by Gasteiger charge is 2.33. The van der Waals surface area contributed by atoms with Crippen molar-refractivity contribution < 1.29 is 4.42 Å². The molecule has 0 amide bonds. The van der Waals surface area contributed by atoms with E-state index >= 15 is 0 Å². The number of hydrogen-bond acceptors (Lipinski definition) is 2. The third-order valence-corrected chi connectivity index (χ3v) is 15.8. The van der Waals surface area contributed by atoms with Crippen LogP contribution in [0, 0.1) is 0 Å². The first-order valence-corrected chi connectivity index (χ1v) is 22.8. The Balaban J connectivity index is 1.000. The molecule has 0 fully saturated rings. The average molecular weight is 794 g/mol. The molecule has 0 saturated carbocycles. The summed E-state index contributed by atoms with van der Waals surface area (Å²) in [6, 6.07) is 83.9. The van der Waals surface area contributed by atoms with Crippen molar-refractivity contribution in [3.05, 3.63) is 231 Å². The largest absolute Gasteiger partial charge is 0.456 e. The van der Waals surface area contributed by atoms with Crippen LogP contribution < -0.4 is 20.5 Å². The molecule has 1 aromatic heterocycles. The first kappa shape index (κ1) is 35.2. The highest BCUT2D eigenvalue weighted by Crippen LogP contribution is 2.45. The second-order valence-corrected chi connectivity index (χ2v) is 18.8. The van der Waals surface area contributed by atoms with Crippen LogP contribution in [0.1, 0.15) is 0 Å². The molecule has 0 spiro atoms. The fourth-order valence-electron chi connectivity index (χ4n) is 9.77. The Morgan fingerprint density at radius 1 is 0.311 bits per heavy atom. The third kappa shape index (κ3) is 5.93. The van der Waals surface area contributed by atoms with Crippen LogP contribution in [-0.2, 0) is 0 Å². The lowest BCUT2D eigenvalue weighted by Crippen LogP contribution is -2.48. The van der Waals surface area contributed by atoms with Gasteiger partial charge in [0.05, 0.1) is 0 Å². The van der Waals surface area contributed by atoms with Crippen molar-refractivity contribution in [2.45, 2.75) is 0 Å². The summed E-state index contributed by atoms with van der Waals surface area (Å²) in [5.41, 5.74) is 15.0. The Kier molecular flexibility index (Phi) is 8.39. The molecular weight excluding hydrogens is 755 g/mol. The van der Waals surface area contributed by atoms with Gasteiger partial charge in [0.2, 0.25) is 0 Å². The van der Waals surface area contributed by atoms with E-state index in [1.165, 1.54) is 70.7 Å². The maximum absolute atomic E-state index is 6.75. The molecule has 12 rings (SSSR count). The minimum Gasteiger partial charge on any atom is -0.456 e. The molecule has 1 aliphatic heterocycles. The molecule has 286 valence electrons. The minimum absolute atomic E-state index is 0.906. The van der Waals surface area contributed by atoms with Gasteiger partial charge in [0.25, 0.3) is 0 Å². The van der Waals surface area contributed by atoms with Crippen LogP contribution in [0.2, 0.25) is 0 Å². The number of anilines is 3. The number of hydrogen-bond donors (Lipinski definition) is 0. The lowest BCUT2D eigenvalue weighted by atomic mass is 9.92. The van der Waals surface area contributed by atoms with E-state index in [4.69, 9.17) is 4.42 Å². The van der Waals surface area contributed by atoms with Crippen molar-refractivity contribution in [3.63, 3.8) is 0 Å². The first-order chi connectivity index (χ1) is 30.3. The Bertz CT molecular complexity index is 3290. The Morgan fingerprint density at radius 2 is 0.803 bits per heavy atom. The monoisotopic (exact) mass is 793 g/mol. The number of benzene rings is 10. The van der Waals surface area contributed by atoms with Gasteiger partial charge < -0.3 is 9.32 Å². The maximum atomic E-state index is 6.75. The van der Waals surface area contributed by atoms with Crippen LogP contribution in [0.4, 0.5) is 17.1 Å². The highest BCUT2D eigenvalue weighted by molar-refractivity contribution is 6.99. The van der Waals surface area contributed by atoms with E-state index in [1.807, 2.05) is 0 Å². The number of fused-ring (bicyclic) bond motifs is 9.